The van der Waals surface area contributed by atoms with Gasteiger partial charge in [0.1, 0.15) is 0 Å². The number of amides is 1. The van der Waals surface area contributed by atoms with Crippen molar-refractivity contribution in [2.45, 2.75) is 37.5 Å². The van der Waals surface area contributed by atoms with Gasteiger partial charge in [-0.1, -0.05) is 0 Å². The zero-order chi connectivity index (χ0) is 15.3. The van der Waals surface area contributed by atoms with Gasteiger partial charge in [0.25, 0.3) is 5.92 Å². The lowest BCUT2D eigenvalue weighted by molar-refractivity contribution is -0.134. The van der Waals surface area contributed by atoms with E-state index in [9.17, 15) is 18.0 Å². The fraction of sp³-hybridized carbons (Fsp3) is 0.643. The number of alkyl halides is 3. The molecule has 1 saturated heterocycles. The summed E-state index contributed by atoms with van der Waals surface area (Å²) in [7, 11) is 0. The van der Waals surface area contributed by atoms with Crippen molar-refractivity contribution in [1.29, 1.82) is 0 Å². The normalized spacial score (nSPS) is 17.0. The second-order valence-corrected chi connectivity index (χ2v) is 5.27. The molecular weight excluding hydrogens is 283 g/mol. The van der Waals surface area contributed by atoms with E-state index in [0.29, 0.717) is 13.1 Å². The van der Waals surface area contributed by atoms with Gasteiger partial charge < -0.3 is 4.90 Å². The third kappa shape index (κ3) is 4.41. The molecule has 0 unspecified atom stereocenters. The second kappa shape index (κ2) is 6.87. The summed E-state index contributed by atoms with van der Waals surface area (Å²) in [6.45, 7) is -0.683. The number of piperidine rings is 1. The molecule has 0 saturated carbocycles. The molecule has 1 fully saturated rings. The molecule has 1 aliphatic heterocycles. The third-order valence-corrected chi connectivity index (χ3v) is 3.75. The minimum absolute atomic E-state index is 0.245. The molecule has 2 heterocycles. The Bertz CT molecular complexity index is 462. The van der Waals surface area contributed by atoms with Gasteiger partial charge in [0.15, 0.2) is 6.67 Å². The molecule has 1 aromatic rings. The number of aromatic nitrogens is 2. The molecule has 1 aromatic heterocycles. The first-order chi connectivity index (χ1) is 10.0. The number of hydrogen-bond acceptors (Lipinski definition) is 3. The summed E-state index contributed by atoms with van der Waals surface area (Å²) in [5.41, 5.74) is 0.897. The van der Waals surface area contributed by atoms with Crippen LogP contribution in [0.2, 0.25) is 0 Å². The molecule has 116 valence electrons. The number of carbonyl (C=O) groups excluding carboxylic acids is 1. The van der Waals surface area contributed by atoms with E-state index in [4.69, 9.17) is 0 Å². The summed E-state index contributed by atoms with van der Waals surface area (Å²) in [5.74, 6) is -3.48. The third-order valence-electron chi connectivity index (χ3n) is 3.75. The topological polar surface area (TPSA) is 46.1 Å². The van der Waals surface area contributed by atoms with Crippen molar-refractivity contribution < 1.29 is 18.0 Å². The molecule has 0 aromatic carbocycles. The van der Waals surface area contributed by atoms with Gasteiger partial charge in [-0.3, -0.25) is 14.8 Å². The quantitative estimate of drug-likeness (QED) is 0.839. The molecular formula is C14H18F3N3O. The van der Waals surface area contributed by atoms with E-state index in [1.807, 2.05) is 0 Å². The number of rotatable bonds is 5. The summed E-state index contributed by atoms with van der Waals surface area (Å²) >= 11 is 0. The zero-order valence-electron chi connectivity index (χ0n) is 11.6. The Hall–Kier alpha value is -1.66. The SMILES string of the molecule is O=C(CCC(F)(F)CF)N1CCC(c2cnccn2)CC1. The number of likely N-dealkylation sites (tertiary alicyclic amines) is 1. The molecule has 0 N–H and O–H groups in total. The highest BCUT2D eigenvalue weighted by Crippen LogP contribution is 2.27. The monoisotopic (exact) mass is 301 g/mol. The molecule has 1 aliphatic rings. The van der Waals surface area contributed by atoms with Crippen molar-refractivity contribution >= 4 is 5.91 Å². The number of halogens is 3. The summed E-state index contributed by atoms with van der Waals surface area (Å²) in [4.78, 5) is 21.7. The Morgan fingerprint density at radius 3 is 2.62 bits per heavy atom. The highest BCUT2D eigenvalue weighted by atomic mass is 19.3. The van der Waals surface area contributed by atoms with Crippen LogP contribution in [0.5, 0.6) is 0 Å². The lowest BCUT2D eigenvalue weighted by atomic mass is 9.93. The van der Waals surface area contributed by atoms with Crippen LogP contribution < -0.4 is 0 Å². The highest BCUT2D eigenvalue weighted by molar-refractivity contribution is 5.76. The number of nitrogens with zero attached hydrogens (tertiary/aromatic N) is 3. The molecule has 0 spiro atoms. The zero-order valence-corrected chi connectivity index (χ0v) is 11.6. The average Bonchev–Trinajstić information content (AvgIpc) is 2.54. The van der Waals surface area contributed by atoms with E-state index in [0.717, 1.165) is 18.5 Å². The minimum atomic E-state index is -3.40. The van der Waals surface area contributed by atoms with Gasteiger partial charge in [-0.2, -0.15) is 0 Å². The van der Waals surface area contributed by atoms with Crippen LogP contribution in [-0.2, 0) is 4.79 Å². The number of carbonyl (C=O) groups is 1. The maximum Gasteiger partial charge on any atom is 0.276 e. The van der Waals surface area contributed by atoms with Gasteiger partial charge >= 0.3 is 0 Å². The molecule has 1 amide bonds. The van der Waals surface area contributed by atoms with Gasteiger partial charge in [-0.25, -0.2) is 13.2 Å². The predicted octanol–water partition coefficient (Wildman–Crippen LogP) is 2.57. The van der Waals surface area contributed by atoms with Gasteiger partial charge in [-0.05, 0) is 12.8 Å². The Kier molecular flexibility index (Phi) is 5.14. The fourth-order valence-corrected chi connectivity index (χ4v) is 2.46. The van der Waals surface area contributed by atoms with Gasteiger partial charge in [0, 0.05) is 50.4 Å². The van der Waals surface area contributed by atoms with Gasteiger partial charge in [0.2, 0.25) is 5.91 Å². The predicted molar refractivity (Wildman–Crippen MR) is 70.7 cm³/mol. The standard InChI is InChI=1S/C14H18F3N3O/c15-10-14(16,17)4-1-13(21)20-7-2-11(3-8-20)12-9-18-5-6-19-12/h5-6,9,11H,1-4,7-8,10H2. The average molecular weight is 301 g/mol. The smallest absolute Gasteiger partial charge is 0.276 e. The van der Waals surface area contributed by atoms with E-state index < -0.39 is 19.0 Å². The second-order valence-electron chi connectivity index (χ2n) is 5.27. The van der Waals surface area contributed by atoms with E-state index in [1.54, 1.807) is 23.5 Å². The van der Waals surface area contributed by atoms with E-state index in [1.165, 1.54) is 0 Å². The molecule has 21 heavy (non-hydrogen) atoms. The molecule has 2 rings (SSSR count). The summed E-state index contributed by atoms with van der Waals surface area (Å²) in [6.07, 6.45) is 5.39. The van der Waals surface area contributed by atoms with Gasteiger partial charge in [-0.15, -0.1) is 0 Å². The van der Waals surface area contributed by atoms with Crippen molar-refractivity contribution in [3.63, 3.8) is 0 Å². The molecule has 0 aliphatic carbocycles. The van der Waals surface area contributed by atoms with Crippen LogP contribution >= 0.6 is 0 Å². The lowest BCUT2D eigenvalue weighted by Gasteiger charge is -2.32. The molecule has 0 bridgehead atoms. The fourth-order valence-electron chi connectivity index (χ4n) is 2.46. The van der Waals surface area contributed by atoms with E-state index in [-0.39, 0.29) is 18.2 Å². The van der Waals surface area contributed by atoms with Gasteiger partial charge in [0.05, 0.1) is 5.69 Å². The first-order valence-corrected chi connectivity index (χ1v) is 6.99. The van der Waals surface area contributed by atoms with Crippen LogP contribution in [-0.4, -0.2) is 46.5 Å². The Morgan fingerprint density at radius 1 is 1.33 bits per heavy atom. The summed E-state index contributed by atoms with van der Waals surface area (Å²) < 4.78 is 37.6. The Balaban J connectivity index is 1.80. The Labute approximate surface area is 121 Å². The van der Waals surface area contributed by atoms with Crippen LogP contribution in [0.4, 0.5) is 13.2 Å². The maximum atomic E-state index is 12.8. The first kappa shape index (κ1) is 15.7. The van der Waals surface area contributed by atoms with Crippen LogP contribution in [0.3, 0.4) is 0 Å². The number of hydrogen-bond donors (Lipinski definition) is 0. The van der Waals surface area contributed by atoms with Crippen molar-refractivity contribution in [2.75, 3.05) is 19.8 Å². The van der Waals surface area contributed by atoms with Crippen molar-refractivity contribution in [3.8, 4) is 0 Å². The minimum Gasteiger partial charge on any atom is -0.343 e. The van der Waals surface area contributed by atoms with E-state index >= 15 is 0 Å². The molecule has 0 atom stereocenters. The molecule has 0 radical (unpaired) electrons. The van der Waals surface area contributed by atoms with Crippen molar-refractivity contribution in [2.24, 2.45) is 0 Å². The molecule has 4 nitrogen and oxygen atoms in total. The summed E-state index contributed by atoms with van der Waals surface area (Å²) in [6, 6.07) is 0. The largest absolute Gasteiger partial charge is 0.343 e. The van der Waals surface area contributed by atoms with Crippen molar-refractivity contribution in [3.05, 3.63) is 24.3 Å². The first-order valence-electron chi connectivity index (χ1n) is 6.99. The summed E-state index contributed by atoms with van der Waals surface area (Å²) in [5, 5.41) is 0. The van der Waals surface area contributed by atoms with Crippen LogP contribution in [0.15, 0.2) is 18.6 Å². The highest BCUT2D eigenvalue weighted by Gasteiger charge is 2.31. The van der Waals surface area contributed by atoms with Crippen LogP contribution in [0, 0.1) is 0 Å². The lowest BCUT2D eigenvalue weighted by Crippen LogP contribution is -2.38. The van der Waals surface area contributed by atoms with Crippen LogP contribution in [0.25, 0.3) is 0 Å². The van der Waals surface area contributed by atoms with Crippen molar-refractivity contribution in [1.82, 2.24) is 14.9 Å². The Morgan fingerprint density at radius 2 is 2.05 bits per heavy atom. The van der Waals surface area contributed by atoms with Crippen LogP contribution in [0.1, 0.15) is 37.3 Å². The maximum absolute atomic E-state index is 12.8. The molecule has 7 heteroatoms. The van der Waals surface area contributed by atoms with E-state index in [2.05, 4.69) is 9.97 Å².